The number of benzene rings is 5. The van der Waals surface area contributed by atoms with Crippen LogP contribution in [0.1, 0.15) is 25.3 Å². The van der Waals surface area contributed by atoms with Gasteiger partial charge in [-0.2, -0.15) is 5.06 Å². The fourth-order valence-electron chi connectivity index (χ4n) is 6.34. The van der Waals surface area contributed by atoms with E-state index in [4.69, 9.17) is 14.7 Å². The first-order chi connectivity index (χ1) is 22.0. The van der Waals surface area contributed by atoms with Gasteiger partial charge in [0.1, 0.15) is 17.3 Å². The highest BCUT2D eigenvalue weighted by molar-refractivity contribution is 6.09. The van der Waals surface area contributed by atoms with Gasteiger partial charge in [-0.05, 0) is 77.2 Å². The number of aromatic nitrogens is 2. The first-order valence-electron chi connectivity index (χ1n) is 15.2. The molecule has 6 nitrogen and oxygen atoms in total. The van der Waals surface area contributed by atoms with E-state index >= 15 is 0 Å². The summed E-state index contributed by atoms with van der Waals surface area (Å²) in [6.45, 7) is 4.47. The van der Waals surface area contributed by atoms with Crippen LogP contribution in [-0.2, 0) is 4.94 Å². The molecule has 8 rings (SSSR count). The number of hydroxylamine groups is 1. The summed E-state index contributed by atoms with van der Waals surface area (Å²) >= 11 is 0. The van der Waals surface area contributed by atoms with Crippen LogP contribution >= 0.6 is 0 Å². The monoisotopic (exact) mass is 588 g/mol. The number of ether oxygens (including phenoxy) is 1. The van der Waals surface area contributed by atoms with Crippen molar-refractivity contribution in [3.05, 3.63) is 139 Å². The van der Waals surface area contributed by atoms with Crippen LogP contribution < -0.4 is 14.9 Å². The maximum atomic E-state index is 6.49. The summed E-state index contributed by atoms with van der Waals surface area (Å²) in [4.78, 5) is 10.9. The molecule has 1 aliphatic rings. The lowest BCUT2D eigenvalue weighted by atomic mass is 9.93. The second-order valence-electron chi connectivity index (χ2n) is 11.6. The molecule has 0 saturated carbocycles. The van der Waals surface area contributed by atoms with Crippen LogP contribution in [0, 0.1) is 0 Å². The van der Waals surface area contributed by atoms with Gasteiger partial charge in [0.05, 0.1) is 28.1 Å². The summed E-state index contributed by atoms with van der Waals surface area (Å²) < 4.78 is 8.73. The standard InChI is InChI=1S/C39H32N4O2/c1-26(2)31-13-4-5-14-32(31)27-21-22-40-39(23-27)42-35-16-7-6-15-33(35)34-20-19-30(25-38(34)42)44-29-12-10-11-28(24-29)43-37-18-9-8-17-36(37)41(3)45-43/h4-26H,1-3H3. The van der Waals surface area contributed by atoms with Gasteiger partial charge in [0.15, 0.2) is 0 Å². The first-order valence-corrected chi connectivity index (χ1v) is 15.2. The molecule has 0 radical (unpaired) electrons. The number of para-hydroxylation sites is 3. The van der Waals surface area contributed by atoms with E-state index in [2.05, 4.69) is 91.2 Å². The third-order valence-electron chi connectivity index (χ3n) is 8.45. The highest BCUT2D eigenvalue weighted by Gasteiger charge is 2.26. The third-order valence-corrected chi connectivity index (χ3v) is 8.45. The predicted octanol–water partition coefficient (Wildman–Crippen LogP) is 10.2. The van der Waals surface area contributed by atoms with E-state index in [9.17, 15) is 0 Å². The van der Waals surface area contributed by atoms with Gasteiger partial charge in [-0.3, -0.25) is 4.57 Å². The van der Waals surface area contributed by atoms with Crippen LogP contribution in [0.3, 0.4) is 0 Å². The molecule has 0 aliphatic carbocycles. The van der Waals surface area contributed by atoms with Crippen LogP contribution in [0.4, 0.5) is 17.1 Å². The molecule has 0 bridgehead atoms. The number of hydrogen-bond acceptors (Lipinski definition) is 5. The lowest BCUT2D eigenvalue weighted by molar-refractivity contribution is 0.142. The molecule has 7 aromatic rings. The number of nitrogens with zero attached hydrogens (tertiary/aromatic N) is 4. The zero-order valence-electron chi connectivity index (χ0n) is 25.4. The van der Waals surface area contributed by atoms with Gasteiger partial charge < -0.3 is 4.74 Å². The minimum atomic E-state index is 0.414. The highest BCUT2D eigenvalue weighted by atomic mass is 16.8. The molecule has 1 aliphatic heterocycles. The van der Waals surface area contributed by atoms with E-state index in [-0.39, 0.29) is 0 Å². The zero-order valence-corrected chi connectivity index (χ0v) is 25.4. The number of anilines is 3. The van der Waals surface area contributed by atoms with Gasteiger partial charge in [0.25, 0.3) is 0 Å². The normalized spacial score (nSPS) is 12.8. The van der Waals surface area contributed by atoms with Gasteiger partial charge in [-0.1, -0.05) is 74.5 Å². The topological polar surface area (TPSA) is 42.8 Å². The van der Waals surface area contributed by atoms with Crippen molar-refractivity contribution in [1.82, 2.24) is 9.55 Å². The number of rotatable bonds is 6. The molecule has 0 fully saturated rings. The van der Waals surface area contributed by atoms with Crippen molar-refractivity contribution in [3.8, 4) is 28.4 Å². The zero-order chi connectivity index (χ0) is 30.5. The van der Waals surface area contributed by atoms with E-state index in [0.717, 1.165) is 56.4 Å². The Labute approximate surface area is 262 Å². The fourth-order valence-corrected chi connectivity index (χ4v) is 6.34. The van der Waals surface area contributed by atoms with Crippen molar-refractivity contribution in [2.75, 3.05) is 17.2 Å². The number of fused-ring (bicyclic) bond motifs is 4. The molecule has 5 aromatic carbocycles. The first kappa shape index (κ1) is 27.0. The van der Waals surface area contributed by atoms with E-state index in [1.54, 1.807) is 5.06 Å². The Morgan fingerprint density at radius 3 is 2.31 bits per heavy atom. The number of pyridine rings is 1. The Hall–Kier alpha value is -5.59. The lowest BCUT2D eigenvalue weighted by Crippen LogP contribution is -2.20. The summed E-state index contributed by atoms with van der Waals surface area (Å²) in [5.74, 6) is 2.74. The minimum absolute atomic E-state index is 0.414. The smallest absolute Gasteiger partial charge is 0.138 e. The molecular formula is C39H32N4O2. The van der Waals surface area contributed by atoms with Crippen LogP contribution in [0.2, 0.25) is 0 Å². The van der Waals surface area contributed by atoms with Crippen LogP contribution in [0.5, 0.6) is 11.5 Å². The van der Waals surface area contributed by atoms with Gasteiger partial charge in [0.2, 0.25) is 0 Å². The molecule has 0 atom stereocenters. The van der Waals surface area contributed by atoms with Crippen molar-refractivity contribution in [2.45, 2.75) is 19.8 Å². The minimum Gasteiger partial charge on any atom is -0.457 e. The molecule has 0 spiro atoms. The molecule has 0 unspecified atom stereocenters. The maximum absolute atomic E-state index is 6.49. The van der Waals surface area contributed by atoms with Gasteiger partial charge in [-0.25, -0.2) is 10.0 Å². The predicted molar refractivity (Wildman–Crippen MR) is 183 cm³/mol. The van der Waals surface area contributed by atoms with Gasteiger partial charge in [0, 0.05) is 36.1 Å². The van der Waals surface area contributed by atoms with Crippen molar-refractivity contribution < 1.29 is 9.68 Å². The molecule has 220 valence electrons. The largest absolute Gasteiger partial charge is 0.457 e. The molecule has 0 N–H and O–H groups in total. The SMILES string of the molecule is CC(C)c1ccccc1-c1ccnc(-n2c3ccccc3c3ccc(Oc4cccc(N5ON(C)c6ccccc65)c4)cc32)c1. The van der Waals surface area contributed by atoms with Crippen LogP contribution in [-0.4, -0.2) is 16.6 Å². The Balaban J connectivity index is 1.20. The van der Waals surface area contributed by atoms with E-state index < -0.39 is 0 Å². The molecular weight excluding hydrogens is 556 g/mol. The summed E-state index contributed by atoms with van der Waals surface area (Å²) in [7, 11) is 1.90. The lowest BCUT2D eigenvalue weighted by Gasteiger charge is -2.18. The number of hydrogen-bond donors (Lipinski definition) is 0. The van der Waals surface area contributed by atoms with Crippen molar-refractivity contribution in [1.29, 1.82) is 0 Å². The summed E-state index contributed by atoms with van der Waals surface area (Å²) in [6.07, 6.45) is 1.91. The molecule has 0 amide bonds. The molecule has 0 saturated heterocycles. The van der Waals surface area contributed by atoms with Crippen molar-refractivity contribution >= 4 is 38.9 Å². The van der Waals surface area contributed by atoms with Crippen LogP contribution in [0.25, 0.3) is 38.8 Å². The Morgan fingerprint density at radius 2 is 1.42 bits per heavy atom. The highest BCUT2D eigenvalue weighted by Crippen LogP contribution is 2.42. The molecule has 6 heteroatoms. The Bertz CT molecular complexity index is 2200. The Kier molecular flexibility index (Phi) is 6.50. The van der Waals surface area contributed by atoms with E-state index in [1.165, 1.54) is 16.5 Å². The summed E-state index contributed by atoms with van der Waals surface area (Å²) in [5, 5.41) is 5.90. The second-order valence-corrected chi connectivity index (χ2v) is 11.6. The van der Waals surface area contributed by atoms with Crippen molar-refractivity contribution in [3.63, 3.8) is 0 Å². The third kappa shape index (κ3) is 4.67. The maximum Gasteiger partial charge on any atom is 0.138 e. The summed E-state index contributed by atoms with van der Waals surface area (Å²) in [5.41, 5.74) is 8.70. The molecule has 2 aromatic heterocycles. The fraction of sp³-hybridized carbons (Fsp3) is 0.103. The summed E-state index contributed by atoms with van der Waals surface area (Å²) in [6, 6.07) is 43.7. The second kappa shape index (κ2) is 10.8. The Morgan fingerprint density at radius 1 is 0.667 bits per heavy atom. The van der Waals surface area contributed by atoms with Crippen molar-refractivity contribution in [2.24, 2.45) is 0 Å². The average Bonchev–Trinajstić information content (AvgIpc) is 3.59. The quantitative estimate of drug-likeness (QED) is 0.193. The van der Waals surface area contributed by atoms with Crippen LogP contribution in [0.15, 0.2) is 134 Å². The van der Waals surface area contributed by atoms with Gasteiger partial charge >= 0.3 is 0 Å². The molecule has 45 heavy (non-hydrogen) atoms. The van der Waals surface area contributed by atoms with E-state index in [1.807, 2.05) is 72.9 Å². The van der Waals surface area contributed by atoms with Gasteiger partial charge in [-0.15, -0.1) is 4.94 Å². The average molecular weight is 589 g/mol. The van der Waals surface area contributed by atoms with E-state index in [0.29, 0.717) is 5.92 Å². The molecule has 3 heterocycles.